The van der Waals surface area contributed by atoms with E-state index >= 15 is 0 Å². The van der Waals surface area contributed by atoms with Gasteiger partial charge in [-0.1, -0.05) is 32.4 Å². The van der Waals surface area contributed by atoms with Crippen LogP contribution in [0.2, 0.25) is 0 Å². The first-order valence-electron chi connectivity index (χ1n) is 6.17. The minimum absolute atomic E-state index is 0.0779. The van der Waals surface area contributed by atoms with E-state index in [4.69, 9.17) is 11.0 Å². The largest absolute Gasteiger partial charge is 0.324 e. The molecular weight excluding hydrogens is 214 g/mol. The molecular formula is C13H19N3O. The Morgan fingerprint density at radius 3 is 2.94 bits per heavy atom. The molecule has 5 atom stereocenters. The van der Waals surface area contributed by atoms with Gasteiger partial charge in [-0.15, -0.1) is 0 Å². The second-order valence-electron chi connectivity index (χ2n) is 5.18. The number of carbonyl (C=O) groups is 1. The van der Waals surface area contributed by atoms with Crippen LogP contribution in [-0.4, -0.2) is 29.4 Å². The fourth-order valence-electron chi connectivity index (χ4n) is 2.64. The van der Waals surface area contributed by atoms with Crippen LogP contribution < -0.4 is 5.73 Å². The van der Waals surface area contributed by atoms with Gasteiger partial charge in [0.05, 0.1) is 12.1 Å². The van der Waals surface area contributed by atoms with Gasteiger partial charge in [0, 0.05) is 18.4 Å². The quantitative estimate of drug-likeness (QED) is 0.736. The summed E-state index contributed by atoms with van der Waals surface area (Å²) >= 11 is 0. The Hall–Kier alpha value is -1.34. The number of nitriles is 1. The summed E-state index contributed by atoms with van der Waals surface area (Å²) in [6.07, 6.45) is 0.873. The predicted molar refractivity (Wildman–Crippen MR) is 64.7 cm³/mol. The highest BCUT2D eigenvalue weighted by Crippen LogP contribution is 2.53. The zero-order chi connectivity index (χ0) is 12.7. The van der Waals surface area contributed by atoms with Gasteiger partial charge < -0.3 is 10.6 Å². The first-order chi connectivity index (χ1) is 8.02. The SMILES string of the molecule is C=C1[C@H]2[C@@H]1CN(C(=O)[C@@H](N)C(C)CC)[C@@H]2C#N. The number of carbonyl (C=O) groups excluding carboxylic acids is 1. The van der Waals surface area contributed by atoms with Crippen LogP contribution in [0.15, 0.2) is 12.2 Å². The third kappa shape index (κ3) is 1.75. The number of nitrogens with two attached hydrogens (primary N) is 1. The molecule has 1 heterocycles. The highest BCUT2D eigenvalue weighted by Gasteiger charge is 2.58. The number of likely N-dealkylation sites (tertiary alicyclic amines) is 1. The molecule has 1 unspecified atom stereocenters. The van der Waals surface area contributed by atoms with E-state index in [2.05, 4.69) is 12.6 Å². The van der Waals surface area contributed by atoms with Crippen molar-refractivity contribution in [2.75, 3.05) is 6.54 Å². The number of piperidine rings is 1. The number of hydrogen-bond acceptors (Lipinski definition) is 3. The summed E-state index contributed by atoms with van der Waals surface area (Å²) < 4.78 is 0. The number of nitrogens with zero attached hydrogens (tertiary/aromatic N) is 2. The Labute approximate surface area is 102 Å². The van der Waals surface area contributed by atoms with Crippen molar-refractivity contribution in [2.24, 2.45) is 23.5 Å². The van der Waals surface area contributed by atoms with Crippen molar-refractivity contribution < 1.29 is 4.79 Å². The van der Waals surface area contributed by atoms with Crippen molar-refractivity contribution in [1.82, 2.24) is 4.90 Å². The van der Waals surface area contributed by atoms with Gasteiger partial charge in [0.25, 0.3) is 0 Å². The standard InChI is InChI=1S/C13H19N3O/c1-4-7(2)12(15)13(17)16-6-9-8(3)11(9)10(16)5-14/h7,9-12H,3-4,6,15H2,1-2H3/t7?,9-,10-,11+,12+/m1/s1. The molecule has 2 fully saturated rings. The molecule has 2 rings (SSSR count). The van der Waals surface area contributed by atoms with Crippen LogP contribution in [-0.2, 0) is 4.79 Å². The summed E-state index contributed by atoms with van der Waals surface area (Å²) in [5.74, 6) is 0.619. The average Bonchev–Trinajstić information content (AvgIpc) is 2.81. The zero-order valence-corrected chi connectivity index (χ0v) is 10.4. The van der Waals surface area contributed by atoms with Crippen molar-refractivity contribution in [1.29, 1.82) is 5.26 Å². The molecule has 2 aliphatic rings. The second kappa shape index (κ2) is 4.15. The van der Waals surface area contributed by atoms with Gasteiger partial charge >= 0.3 is 0 Å². The highest BCUT2D eigenvalue weighted by molar-refractivity contribution is 5.83. The fraction of sp³-hybridized carbons (Fsp3) is 0.692. The number of rotatable bonds is 3. The molecule has 92 valence electrons. The molecule has 4 heteroatoms. The normalized spacial score (nSPS) is 33.9. The molecule has 1 aliphatic heterocycles. The van der Waals surface area contributed by atoms with Crippen molar-refractivity contribution in [2.45, 2.75) is 32.4 Å². The van der Waals surface area contributed by atoms with Gasteiger partial charge in [-0.25, -0.2) is 0 Å². The van der Waals surface area contributed by atoms with Crippen molar-refractivity contribution in [3.63, 3.8) is 0 Å². The van der Waals surface area contributed by atoms with E-state index in [9.17, 15) is 4.79 Å². The average molecular weight is 233 g/mol. The van der Waals surface area contributed by atoms with Gasteiger partial charge in [0.15, 0.2) is 0 Å². The summed E-state index contributed by atoms with van der Waals surface area (Å²) in [6.45, 7) is 8.54. The summed E-state index contributed by atoms with van der Waals surface area (Å²) in [4.78, 5) is 13.9. The Bertz CT molecular complexity index is 398. The topological polar surface area (TPSA) is 70.1 Å². The highest BCUT2D eigenvalue weighted by atomic mass is 16.2. The van der Waals surface area contributed by atoms with Crippen molar-refractivity contribution in [3.05, 3.63) is 12.2 Å². The molecule has 1 saturated carbocycles. The zero-order valence-electron chi connectivity index (χ0n) is 10.4. The molecule has 4 nitrogen and oxygen atoms in total. The van der Waals surface area contributed by atoms with Gasteiger partial charge in [0.2, 0.25) is 5.91 Å². The first kappa shape index (κ1) is 12.1. The van der Waals surface area contributed by atoms with Crippen molar-refractivity contribution in [3.8, 4) is 6.07 Å². The van der Waals surface area contributed by atoms with Crippen LogP contribution in [0.5, 0.6) is 0 Å². The third-order valence-corrected chi connectivity index (χ3v) is 4.26. The Balaban J connectivity index is 2.07. The molecule has 0 aromatic heterocycles. The molecule has 2 N–H and O–H groups in total. The third-order valence-electron chi connectivity index (χ3n) is 4.26. The van der Waals surface area contributed by atoms with E-state index in [1.165, 1.54) is 0 Å². The molecule has 0 aromatic rings. The number of hydrogen-bond donors (Lipinski definition) is 1. The summed E-state index contributed by atoms with van der Waals surface area (Å²) in [5.41, 5.74) is 7.06. The monoisotopic (exact) mass is 233 g/mol. The maximum absolute atomic E-state index is 12.2. The van der Waals surface area contributed by atoms with Gasteiger partial charge in [-0.2, -0.15) is 5.26 Å². The van der Waals surface area contributed by atoms with Crippen LogP contribution in [0.3, 0.4) is 0 Å². The minimum Gasteiger partial charge on any atom is -0.324 e. The lowest BCUT2D eigenvalue weighted by Gasteiger charge is -2.28. The molecule has 1 saturated heterocycles. The predicted octanol–water partition coefficient (Wildman–Crippen LogP) is 0.896. The Kier molecular flexibility index (Phi) is 2.96. The lowest BCUT2D eigenvalue weighted by Crippen LogP contribution is -2.49. The maximum atomic E-state index is 12.2. The smallest absolute Gasteiger partial charge is 0.240 e. The van der Waals surface area contributed by atoms with Gasteiger partial charge in [-0.05, 0) is 5.92 Å². The molecule has 17 heavy (non-hydrogen) atoms. The van der Waals surface area contributed by atoms with E-state index < -0.39 is 6.04 Å². The van der Waals surface area contributed by atoms with Crippen LogP contribution >= 0.6 is 0 Å². The van der Waals surface area contributed by atoms with E-state index in [0.717, 1.165) is 12.0 Å². The first-order valence-corrected chi connectivity index (χ1v) is 6.17. The number of amides is 1. The summed E-state index contributed by atoms with van der Waals surface area (Å²) in [5, 5.41) is 9.15. The summed E-state index contributed by atoms with van der Waals surface area (Å²) in [6, 6.07) is 1.39. The minimum atomic E-state index is -0.485. The summed E-state index contributed by atoms with van der Waals surface area (Å²) in [7, 11) is 0. The molecule has 1 aliphatic carbocycles. The molecule has 1 amide bonds. The second-order valence-corrected chi connectivity index (χ2v) is 5.18. The van der Waals surface area contributed by atoms with Crippen LogP contribution in [0, 0.1) is 29.1 Å². The lowest BCUT2D eigenvalue weighted by molar-refractivity contribution is -0.134. The van der Waals surface area contributed by atoms with E-state index in [-0.39, 0.29) is 23.8 Å². The van der Waals surface area contributed by atoms with Gasteiger partial charge in [0.1, 0.15) is 6.04 Å². The van der Waals surface area contributed by atoms with Gasteiger partial charge in [-0.3, -0.25) is 4.79 Å². The van der Waals surface area contributed by atoms with Crippen LogP contribution in [0.4, 0.5) is 0 Å². The van der Waals surface area contributed by atoms with Crippen LogP contribution in [0.1, 0.15) is 20.3 Å². The molecule has 0 aromatic carbocycles. The van der Waals surface area contributed by atoms with E-state index in [0.29, 0.717) is 12.5 Å². The Morgan fingerprint density at radius 1 is 1.76 bits per heavy atom. The molecule has 0 bridgehead atoms. The van der Waals surface area contributed by atoms with E-state index in [1.807, 2.05) is 13.8 Å². The fourth-order valence-corrected chi connectivity index (χ4v) is 2.64. The maximum Gasteiger partial charge on any atom is 0.240 e. The lowest BCUT2D eigenvalue weighted by atomic mass is 9.98. The molecule has 0 radical (unpaired) electrons. The van der Waals surface area contributed by atoms with Crippen molar-refractivity contribution >= 4 is 5.91 Å². The molecule has 0 spiro atoms. The van der Waals surface area contributed by atoms with Crippen LogP contribution in [0.25, 0.3) is 0 Å². The number of fused-ring (bicyclic) bond motifs is 1. The van der Waals surface area contributed by atoms with E-state index in [1.54, 1.807) is 4.90 Å². The Morgan fingerprint density at radius 2 is 2.41 bits per heavy atom.